The number of furan rings is 1. The highest BCUT2D eigenvalue weighted by Gasteiger charge is 2.11. The van der Waals surface area contributed by atoms with E-state index in [1.54, 1.807) is 6.26 Å². The van der Waals surface area contributed by atoms with E-state index in [9.17, 15) is 0 Å². The van der Waals surface area contributed by atoms with Gasteiger partial charge in [-0.05, 0) is 19.1 Å². The Hall–Kier alpha value is -2.03. The molecule has 0 amide bonds. The van der Waals surface area contributed by atoms with Gasteiger partial charge in [-0.2, -0.15) is 0 Å². The summed E-state index contributed by atoms with van der Waals surface area (Å²) >= 11 is 0. The van der Waals surface area contributed by atoms with Crippen molar-refractivity contribution in [3.63, 3.8) is 0 Å². The highest BCUT2D eigenvalue weighted by atomic mass is 16.3. The van der Waals surface area contributed by atoms with E-state index in [0.29, 0.717) is 12.4 Å². The summed E-state index contributed by atoms with van der Waals surface area (Å²) in [6, 6.07) is 13.6. The first kappa shape index (κ1) is 11.5. The van der Waals surface area contributed by atoms with Crippen LogP contribution in [0.15, 0.2) is 53.1 Å². The molecule has 2 rings (SSSR count). The van der Waals surface area contributed by atoms with Crippen molar-refractivity contribution in [2.75, 3.05) is 6.54 Å². The maximum atomic E-state index is 8.17. The molecular weight excluding hydrogens is 212 g/mol. The molecule has 0 unspecified atom stereocenters. The van der Waals surface area contributed by atoms with E-state index in [-0.39, 0.29) is 0 Å². The number of hydrogen-bond acceptors (Lipinski definition) is 2. The standard InChI is InChI=1S/C14H16N2O/c1-2-16(11-13-9-6-10-17-13)14(15)12-7-4-3-5-8-12/h3-10,15H,2,11H2,1H3. The number of nitrogens with one attached hydrogen (secondary N) is 1. The average molecular weight is 228 g/mol. The second-order valence-electron chi connectivity index (χ2n) is 3.81. The van der Waals surface area contributed by atoms with Gasteiger partial charge >= 0.3 is 0 Å². The monoisotopic (exact) mass is 228 g/mol. The Kier molecular flexibility index (Phi) is 3.60. The number of benzene rings is 1. The third-order valence-electron chi connectivity index (χ3n) is 2.67. The lowest BCUT2D eigenvalue weighted by molar-refractivity contribution is 0.374. The average Bonchev–Trinajstić information content (AvgIpc) is 2.89. The topological polar surface area (TPSA) is 40.2 Å². The first-order valence-electron chi connectivity index (χ1n) is 5.72. The third kappa shape index (κ3) is 2.75. The number of amidine groups is 1. The molecule has 3 nitrogen and oxygen atoms in total. The zero-order valence-corrected chi connectivity index (χ0v) is 9.89. The molecule has 0 atom stereocenters. The van der Waals surface area contributed by atoms with Gasteiger partial charge in [0.25, 0.3) is 0 Å². The molecule has 0 spiro atoms. The Balaban J connectivity index is 2.11. The Labute approximate surface area is 101 Å². The van der Waals surface area contributed by atoms with Gasteiger partial charge in [-0.25, -0.2) is 0 Å². The number of hydrogen-bond donors (Lipinski definition) is 1. The Bertz CT molecular complexity index is 462. The molecule has 0 aliphatic rings. The van der Waals surface area contributed by atoms with Crippen molar-refractivity contribution < 1.29 is 4.42 Å². The van der Waals surface area contributed by atoms with Crippen LogP contribution in [-0.4, -0.2) is 17.3 Å². The van der Waals surface area contributed by atoms with Crippen LogP contribution >= 0.6 is 0 Å². The largest absolute Gasteiger partial charge is 0.467 e. The fourth-order valence-electron chi connectivity index (χ4n) is 1.72. The molecule has 0 radical (unpaired) electrons. The predicted octanol–water partition coefficient (Wildman–Crippen LogP) is 3.13. The lowest BCUT2D eigenvalue weighted by Gasteiger charge is -2.22. The van der Waals surface area contributed by atoms with Crippen molar-refractivity contribution >= 4 is 5.84 Å². The Morgan fingerprint density at radius 1 is 1.18 bits per heavy atom. The summed E-state index contributed by atoms with van der Waals surface area (Å²) in [4.78, 5) is 1.98. The lowest BCUT2D eigenvalue weighted by Crippen LogP contribution is -2.30. The van der Waals surface area contributed by atoms with Gasteiger partial charge in [-0.1, -0.05) is 30.3 Å². The predicted molar refractivity (Wildman–Crippen MR) is 68.1 cm³/mol. The molecule has 0 bridgehead atoms. The first-order valence-corrected chi connectivity index (χ1v) is 5.72. The van der Waals surface area contributed by atoms with E-state index < -0.39 is 0 Å². The molecule has 0 aliphatic heterocycles. The molecule has 0 aliphatic carbocycles. The van der Waals surface area contributed by atoms with E-state index in [1.165, 1.54) is 0 Å². The van der Waals surface area contributed by atoms with Gasteiger partial charge in [0.2, 0.25) is 0 Å². The van der Waals surface area contributed by atoms with Gasteiger partial charge in [0.15, 0.2) is 0 Å². The summed E-state index contributed by atoms with van der Waals surface area (Å²) < 4.78 is 5.31. The summed E-state index contributed by atoms with van der Waals surface area (Å²) in [5.74, 6) is 1.41. The van der Waals surface area contributed by atoms with Crippen LogP contribution < -0.4 is 0 Å². The smallest absolute Gasteiger partial charge is 0.128 e. The quantitative estimate of drug-likeness (QED) is 0.645. The SMILES string of the molecule is CCN(Cc1ccco1)C(=N)c1ccccc1. The number of rotatable bonds is 4. The van der Waals surface area contributed by atoms with Crippen molar-refractivity contribution in [3.8, 4) is 0 Å². The van der Waals surface area contributed by atoms with Crippen LogP contribution in [0.3, 0.4) is 0 Å². The van der Waals surface area contributed by atoms with Crippen molar-refractivity contribution in [1.82, 2.24) is 4.90 Å². The zero-order valence-electron chi connectivity index (χ0n) is 9.89. The molecule has 0 saturated heterocycles. The molecule has 2 aromatic rings. The van der Waals surface area contributed by atoms with Crippen LogP contribution in [0.5, 0.6) is 0 Å². The Morgan fingerprint density at radius 2 is 1.94 bits per heavy atom. The Morgan fingerprint density at radius 3 is 2.53 bits per heavy atom. The van der Waals surface area contributed by atoms with Crippen molar-refractivity contribution in [2.45, 2.75) is 13.5 Å². The molecule has 1 heterocycles. The molecule has 17 heavy (non-hydrogen) atoms. The molecule has 0 saturated carbocycles. The van der Waals surface area contributed by atoms with Crippen molar-refractivity contribution in [2.24, 2.45) is 0 Å². The normalized spacial score (nSPS) is 10.2. The fraction of sp³-hybridized carbons (Fsp3) is 0.214. The molecular formula is C14H16N2O. The van der Waals surface area contributed by atoms with Gasteiger partial charge < -0.3 is 9.32 Å². The van der Waals surface area contributed by atoms with E-state index in [4.69, 9.17) is 9.83 Å². The van der Waals surface area contributed by atoms with E-state index >= 15 is 0 Å². The summed E-state index contributed by atoms with van der Waals surface area (Å²) in [7, 11) is 0. The molecule has 1 aromatic heterocycles. The van der Waals surface area contributed by atoms with Crippen LogP contribution in [0.1, 0.15) is 18.2 Å². The maximum Gasteiger partial charge on any atom is 0.128 e. The molecule has 88 valence electrons. The second-order valence-corrected chi connectivity index (χ2v) is 3.81. The highest BCUT2D eigenvalue weighted by Crippen LogP contribution is 2.10. The maximum absolute atomic E-state index is 8.17. The van der Waals surface area contributed by atoms with Crippen LogP contribution in [0, 0.1) is 5.41 Å². The number of nitrogens with zero attached hydrogens (tertiary/aromatic N) is 1. The minimum atomic E-state index is 0.532. The van der Waals surface area contributed by atoms with Gasteiger partial charge in [0.1, 0.15) is 11.6 Å². The van der Waals surface area contributed by atoms with Crippen molar-refractivity contribution in [3.05, 3.63) is 60.1 Å². The fourth-order valence-corrected chi connectivity index (χ4v) is 1.72. The van der Waals surface area contributed by atoms with E-state index in [0.717, 1.165) is 17.9 Å². The minimum absolute atomic E-state index is 0.532. The van der Waals surface area contributed by atoms with E-state index in [2.05, 4.69) is 0 Å². The zero-order chi connectivity index (χ0) is 12.1. The third-order valence-corrected chi connectivity index (χ3v) is 2.67. The molecule has 1 N–H and O–H groups in total. The van der Waals surface area contributed by atoms with Gasteiger partial charge in [-0.15, -0.1) is 0 Å². The highest BCUT2D eigenvalue weighted by molar-refractivity contribution is 5.96. The molecule has 0 fully saturated rings. The van der Waals surface area contributed by atoms with Gasteiger partial charge in [-0.3, -0.25) is 5.41 Å². The molecule has 1 aromatic carbocycles. The van der Waals surface area contributed by atoms with Crippen LogP contribution in [-0.2, 0) is 6.54 Å². The summed E-state index contributed by atoms with van der Waals surface area (Å²) in [5, 5.41) is 8.17. The van der Waals surface area contributed by atoms with Crippen LogP contribution in [0.2, 0.25) is 0 Å². The second kappa shape index (κ2) is 5.34. The van der Waals surface area contributed by atoms with Gasteiger partial charge in [0.05, 0.1) is 12.8 Å². The van der Waals surface area contributed by atoms with Crippen molar-refractivity contribution in [1.29, 1.82) is 5.41 Å². The van der Waals surface area contributed by atoms with E-state index in [1.807, 2.05) is 54.3 Å². The van der Waals surface area contributed by atoms with Crippen LogP contribution in [0.25, 0.3) is 0 Å². The summed E-state index contributed by atoms with van der Waals surface area (Å²) in [6.45, 7) is 3.46. The summed E-state index contributed by atoms with van der Waals surface area (Å²) in [6.07, 6.45) is 1.66. The van der Waals surface area contributed by atoms with Gasteiger partial charge in [0, 0.05) is 12.1 Å². The summed E-state index contributed by atoms with van der Waals surface area (Å²) in [5.41, 5.74) is 0.931. The first-order chi connectivity index (χ1) is 8.31. The molecule has 3 heteroatoms. The lowest BCUT2D eigenvalue weighted by atomic mass is 10.2. The van der Waals surface area contributed by atoms with Crippen LogP contribution in [0.4, 0.5) is 0 Å². The minimum Gasteiger partial charge on any atom is -0.467 e.